The maximum Gasteiger partial charge on any atom is 0.336 e. The minimum atomic E-state index is -0.807. The molecular formula is C22H26O8. The predicted octanol–water partition coefficient (Wildman–Crippen LogP) is 0.991. The second-order valence-electron chi connectivity index (χ2n) is 7.83. The number of rotatable bonds is 5. The van der Waals surface area contributed by atoms with Gasteiger partial charge >= 0.3 is 17.9 Å². The molecule has 0 amide bonds. The lowest BCUT2D eigenvalue weighted by atomic mass is 9.79. The number of hydrogen-bond acceptors (Lipinski definition) is 8. The van der Waals surface area contributed by atoms with Crippen molar-refractivity contribution in [2.45, 2.75) is 38.6 Å². The van der Waals surface area contributed by atoms with E-state index in [1.807, 2.05) is 13.0 Å². The van der Waals surface area contributed by atoms with Crippen LogP contribution in [0.25, 0.3) is 0 Å². The highest BCUT2D eigenvalue weighted by molar-refractivity contribution is 5.92. The molecule has 2 aliphatic carbocycles. The van der Waals surface area contributed by atoms with Crippen molar-refractivity contribution in [3.63, 3.8) is 0 Å². The zero-order valence-electron chi connectivity index (χ0n) is 17.0. The molecule has 162 valence electrons. The summed E-state index contributed by atoms with van der Waals surface area (Å²) in [5, 5.41) is 18.4. The molecule has 30 heavy (non-hydrogen) atoms. The van der Waals surface area contributed by atoms with E-state index < -0.39 is 55.4 Å². The molecule has 1 saturated heterocycles. The minimum absolute atomic E-state index is 0.0891. The Kier molecular flexibility index (Phi) is 6.28. The Bertz CT molecular complexity index is 851. The summed E-state index contributed by atoms with van der Waals surface area (Å²) in [4.78, 5) is 36.4. The maximum atomic E-state index is 12.5. The van der Waals surface area contributed by atoms with E-state index in [-0.39, 0.29) is 29.4 Å². The predicted molar refractivity (Wildman–Crippen MR) is 105 cm³/mol. The number of fused-ring (bicyclic) bond motifs is 3. The van der Waals surface area contributed by atoms with Gasteiger partial charge in [0, 0.05) is 30.8 Å². The van der Waals surface area contributed by atoms with Crippen LogP contribution >= 0.6 is 0 Å². The summed E-state index contributed by atoms with van der Waals surface area (Å²) in [6, 6.07) is 0. The second kappa shape index (κ2) is 8.57. The van der Waals surface area contributed by atoms with Crippen molar-refractivity contribution in [3.05, 3.63) is 47.6 Å². The van der Waals surface area contributed by atoms with Crippen LogP contribution in [0, 0.1) is 17.8 Å². The van der Waals surface area contributed by atoms with Crippen LogP contribution in [-0.2, 0) is 28.6 Å². The van der Waals surface area contributed by atoms with Crippen LogP contribution in [0.4, 0.5) is 0 Å². The molecule has 8 heteroatoms. The Morgan fingerprint density at radius 1 is 1.23 bits per heavy atom. The molecule has 1 saturated carbocycles. The van der Waals surface area contributed by atoms with E-state index in [0.717, 1.165) is 11.6 Å². The van der Waals surface area contributed by atoms with Crippen molar-refractivity contribution < 1.29 is 38.8 Å². The first-order chi connectivity index (χ1) is 14.2. The molecule has 0 radical (unpaired) electrons. The lowest BCUT2D eigenvalue weighted by Crippen LogP contribution is -2.37. The van der Waals surface area contributed by atoms with Gasteiger partial charge in [0.2, 0.25) is 0 Å². The van der Waals surface area contributed by atoms with Crippen LogP contribution in [0.3, 0.4) is 0 Å². The van der Waals surface area contributed by atoms with E-state index >= 15 is 0 Å². The van der Waals surface area contributed by atoms with Crippen molar-refractivity contribution in [2.24, 2.45) is 17.8 Å². The molecule has 0 bridgehead atoms. The first-order valence-corrected chi connectivity index (χ1v) is 9.74. The zero-order valence-corrected chi connectivity index (χ0v) is 17.0. The normalized spacial score (nSPS) is 33.3. The molecule has 1 heterocycles. The Labute approximate surface area is 174 Å². The lowest BCUT2D eigenvalue weighted by molar-refractivity contribution is -0.150. The van der Waals surface area contributed by atoms with Gasteiger partial charge in [-0.25, -0.2) is 9.59 Å². The standard InChI is InChI=1S/C22H26O8/c1-10-7-16(29-22(27)14(9-24)5-6-23)19-12(3)21(26)30-20(19)18-11(2)8-15(17(10)18)28-13(4)25/h5,8,15-20,23-24H,1,3,6-7,9H2,2,4H3/b14-5+/t15-,16+,17+,18-,19+,20+/m0/s1. The number of aliphatic hydroxyl groups excluding tert-OH is 2. The molecule has 3 aliphatic rings. The quantitative estimate of drug-likeness (QED) is 0.294. The highest BCUT2D eigenvalue weighted by Gasteiger charge is 2.57. The SMILES string of the molecule is C=C1C[C@@H](OC(=O)/C(=C/CO)CO)[C@H]2C(=C)C(=O)O[C@@H]2[C@H]2C(C)=C[C@H](OC(C)=O)[C@@H]12. The van der Waals surface area contributed by atoms with Crippen molar-refractivity contribution in [1.29, 1.82) is 0 Å². The van der Waals surface area contributed by atoms with Crippen molar-refractivity contribution in [1.82, 2.24) is 0 Å². The van der Waals surface area contributed by atoms with Gasteiger partial charge in [0.1, 0.15) is 18.3 Å². The fraction of sp³-hybridized carbons (Fsp3) is 0.500. The molecule has 0 spiro atoms. The van der Waals surface area contributed by atoms with Gasteiger partial charge in [-0.15, -0.1) is 0 Å². The summed E-state index contributed by atoms with van der Waals surface area (Å²) in [6.07, 6.45) is 1.20. The van der Waals surface area contributed by atoms with E-state index in [4.69, 9.17) is 19.3 Å². The number of carbonyl (C=O) groups is 3. The van der Waals surface area contributed by atoms with E-state index in [1.165, 1.54) is 6.92 Å². The van der Waals surface area contributed by atoms with Gasteiger partial charge < -0.3 is 24.4 Å². The molecule has 0 aromatic rings. The Balaban J connectivity index is 1.97. The van der Waals surface area contributed by atoms with E-state index in [9.17, 15) is 19.5 Å². The van der Waals surface area contributed by atoms with Gasteiger partial charge in [-0.2, -0.15) is 0 Å². The van der Waals surface area contributed by atoms with Gasteiger partial charge in [-0.05, 0) is 19.1 Å². The molecule has 2 fully saturated rings. The highest BCUT2D eigenvalue weighted by Crippen LogP contribution is 2.51. The first kappa shape index (κ1) is 22.0. The molecule has 8 nitrogen and oxygen atoms in total. The van der Waals surface area contributed by atoms with Crippen LogP contribution in [0.5, 0.6) is 0 Å². The van der Waals surface area contributed by atoms with Gasteiger partial charge in [-0.3, -0.25) is 4.79 Å². The van der Waals surface area contributed by atoms with Gasteiger partial charge in [0.05, 0.1) is 24.7 Å². The molecular weight excluding hydrogens is 392 g/mol. The van der Waals surface area contributed by atoms with Crippen LogP contribution < -0.4 is 0 Å². The third-order valence-corrected chi connectivity index (χ3v) is 5.98. The van der Waals surface area contributed by atoms with Crippen molar-refractivity contribution in [2.75, 3.05) is 13.2 Å². The summed E-state index contributed by atoms with van der Waals surface area (Å²) in [5.41, 5.74) is 1.71. The number of aliphatic hydroxyl groups is 2. The van der Waals surface area contributed by atoms with E-state index in [2.05, 4.69) is 13.2 Å². The smallest absolute Gasteiger partial charge is 0.336 e. The Morgan fingerprint density at radius 2 is 1.93 bits per heavy atom. The number of ether oxygens (including phenoxy) is 3. The average Bonchev–Trinajstić information content (AvgIpc) is 3.09. The lowest BCUT2D eigenvalue weighted by Gasteiger charge is -2.30. The first-order valence-electron chi connectivity index (χ1n) is 9.74. The van der Waals surface area contributed by atoms with Crippen molar-refractivity contribution in [3.8, 4) is 0 Å². The Morgan fingerprint density at radius 3 is 2.53 bits per heavy atom. The average molecular weight is 418 g/mol. The van der Waals surface area contributed by atoms with Crippen LogP contribution in [0.15, 0.2) is 47.6 Å². The van der Waals surface area contributed by atoms with Crippen LogP contribution in [0.2, 0.25) is 0 Å². The van der Waals surface area contributed by atoms with Gasteiger partial charge in [-0.1, -0.05) is 24.3 Å². The van der Waals surface area contributed by atoms with E-state index in [1.54, 1.807) is 0 Å². The molecule has 2 N–H and O–H groups in total. The zero-order chi connectivity index (χ0) is 22.2. The van der Waals surface area contributed by atoms with Gasteiger partial charge in [0.25, 0.3) is 0 Å². The summed E-state index contributed by atoms with van der Waals surface area (Å²) < 4.78 is 16.7. The van der Waals surface area contributed by atoms with Crippen LogP contribution in [-0.4, -0.2) is 59.6 Å². The third kappa shape index (κ3) is 3.85. The maximum absolute atomic E-state index is 12.5. The van der Waals surface area contributed by atoms with E-state index in [0.29, 0.717) is 5.57 Å². The fourth-order valence-electron chi connectivity index (χ4n) is 4.72. The Hall–Kier alpha value is -2.71. The third-order valence-electron chi connectivity index (χ3n) is 5.98. The number of esters is 3. The molecule has 0 aromatic carbocycles. The number of hydrogen-bond donors (Lipinski definition) is 2. The topological polar surface area (TPSA) is 119 Å². The monoisotopic (exact) mass is 418 g/mol. The van der Waals surface area contributed by atoms with Gasteiger partial charge in [0.15, 0.2) is 0 Å². The summed E-state index contributed by atoms with van der Waals surface area (Å²) in [5.74, 6) is -3.02. The molecule has 0 unspecified atom stereocenters. The molecule has 0 aromatic heterocycles. The fourth-order valence-corrected chi connectivity index (χ4v) is 4.72. The number of carbonyl (C=O) groups excluding carboxylic acids is 3. The minimum Gasteiger partial charge on any atom is -0.458 e. The van der Waals surface area contributed by atoms with Crippen LogP contribution in [0.1, 0.15) is 20.3 Å². The summed E-state index contributed by atoms with van der Waals surface area (Å²) in [6.45, 7) is 10.2. The molecule has 1 aliphatic heterocycles. The summed E-state index contributed by atoms with van der Waals surface area (Å²) in [7, 11) is 0. The van der Waals surface area contributed by atoms with Crippen molar-refractivity contribution >= 4 is 17.9 Å². The summed E-state index contributed by atoms with van der Waals surface area (Å²) >= 11 is 0. The second-order valence-corrected chi connectivity index (χ2v) is 7.83. The molecule has 6 atom stereocenters. The highest BCUT2D eigenvalue weighted by atomic mass is 16.6. The molecule has 3 rings (SSSR count). The largest absolute Gasteiger partial charge is 0.458 e.